The van der Waals surface area contributed by atoms with Crippen LogP contribution in [-0.4, -0.2) is 24.8 Å². The molecule has 0 aliphatic rings. The maximum atomic E-state index is 9.31. The molecule has 0 spiro atoms. The highest BCUT2D eigenvalue weighted by molar-refractivity contribution is 5.85. The monoisotopic (exact) mass is 257 g/mol. The van der Waals surface area contributed by atoms with Crippen LogP contribution in [0, 0.1) is 11.8 Å². The van der Waals surface area contributed by atoms with Gasteiger partial charge in [0.25, 0.3) is 0 Å². The Morgan fingerprint density at radius 2 is 1.76 bits per heavy atom. The van der Waals surface area contributed by atoms with Gasteiger partial charge in [0.2, 0.25) is 0 Å². The molecule has 0 heterocycles. The first-order chi connectivity index (χ1) is 7.72. The Labute approximate surface area is 111 Å². The fraction of sp³-hybridized carbons (Fsp3) is 0.571. The Morgan fingerprint density at radius 1 is 1.12 bits per heavy atom. The molecule has 0 aliphatic carbocycles. The van der Waals surface area contributed by atoms with Gasteiger partial charge >= 0.3 is 0 Å². The SMILES string of the molecule is CC(C)CNCC(CO)Cc1ccccc1.Cl. The molecule has 1 aromatic rings. The van der Waals surface area contributed by atoms with Gasteiger partial charge in [0.05, 0.1) is 0 Å². The number of halogens is 1. The van der Waals surface area contributed by atoms with E-state index in [1.165, 1.54) is 5.56 Å². The van der Waals surface area contributed by atoms with Crippen LogP contribution >= 0.6 is 12.4 Å². The second kappa shape index (κ2) is 9.46. The van der Waals surface area contributed by atoms with Crippen molar-refractivity contribution in [3.05, 3.63) is 35.9 Å². The Morgan fingerprint density at radius 3 is 2.29 bits per heavy atom. The molecule has 98 valence electrons. The third-order valence-electron chi connectivity index (χ3n) is 2.61. The summed E-state index contributed by atoms with van der Waals surface area (Å²) < 4.78 is 0. The molecule has 3 heteroatoms. The number of aliphatic hydroxyl groups is 1. The first-order valence-corrected chi connectivity index (χ1v) is 6.08. The second-order valence-electron chi connectivity index (χ2n) is 4.79. The maximum Gasteiger partial charge on any atom is 0.0474 e. The predicted octanol–water partition coefficient (Wildman–Crippen LogP) is 2.51. The molecule has 0 saturated carbocycles. The molecule has 1 rings (SSSR count). The molecule has 0 bridgehead atoms. The van der Waals surface area contributed by atoms with E-state index in [0.29, 0.717) is 11.8 Å². The van der Waals surface area contributed by atoms with Crippen LogP contribution in [0.1, 0.15) is 19.4 Å². The third-order valence-corrected chi connectivity index (χ3v) is 2.61. The minimum absolute atomic E-state index is 0. The van der Waals surface area contributed by atoms with Crippen molar-refractivity contribution in [2.45, 2.75) is 20.3 Å². The van der Waals surface area contributed by atoms with Gasteiger partial charge in [0, 0.05) is 13.2 Å². The smallest absolute Gasteiger partial charge is 0.0474 e. The molecule has 17 heavy (non-hydrogen) atoms. The summed E-state index contributed by atoms with van der Waals surface area (Å²) in [6.45, 7) is 6.55. The zero-order valence-corrected chi connectivity index (χ0v) is 11.5. The number of aliphatic hydroxyl groups excluding tert-OH is 1. The number of benzene rings is 1. The van der Waals surface area contributed by atoms with E-state index in [9.17, 15) is 5.11 Å². The van der Waals surface area contributed by atoms with Crippen molar-refractivity contribution < 1.29 is 5.11 Å². The number of hydrogen-bond acceptors (Lipinski definition) is 2. The van der Waals surface area contributed by atoms with Gasteiger partial charge in [-0.1, -0.05) is 44.2 Å². The van der Waals surface area contributed by atoms with Crippen molar-refractivity contribution in [1.82, 2.24) is 5.32 Å². The van der Waals surface area contributed by atoms with Crippen LogP contribution in [0.4, 0.5) is 0 Å². The Bertz CT molecular complexity index is 277. The van der Waals surface area contributed by atoms with Crippen LogP contribution in [-0.2, 0) is 6.42 Å². The van der Waals surface area contributed by atoms with Crippen LogP contribution in [0.3, 0.4) is 0 Å². The average Bonchev–Trinajstić information content (AvgIpc) is 2.28. The van der Waals surface area contributed by atoms with Crippen LogP contribution in [0.2, 0.25) is 0 Å². The van der Waals surface area contributed by atoms with Gasteiger partial charge in [0.15, 0.2) is 0 Å². The summed E-state index contributed by atoms with van der Waals surface area (Å²) in [6.07, 6.45) is 0.947. The fourth-order valence-corrected chi connectivity index (χ4v) is 1.72. The quantitative estimate of drug-likeness (QED) is 0.787. The van der Waals surface area contributed by atoms with E-state index in [0.717, 1.165) is 19.5 Å². The number of hydrogen-bond donors (Lipinski definition) is 2. The summed E-state index contributed by atoms with van der Waals surface area (Å²) >= 11 is 0. The standard InChI is InChI=1S/C14H23NO.ClH/c1-12(2)9-15-10-14(11-16)8-13-6-4-3-5-7-13;/h3-7,12,14-16H,8-11H2,1-2H3;1H. The zero-order valence-electron chi connectivity index (χ0n) is 10.7. The molecule has 1 unspecified atom stereocenters. The largest absolute Gasteiger partial charge is 0.396 e. The Kier molecular flexibility index (Phi) is 9.14. The zero-order chi connectivity index (χ0) is 11.8. The maximum absolute atomic E-state index is 9.31. The van der Waals surface area contributed by atoms with E-state index in [2.05, 4.69) is 31.3 Å². The minimum atomic E-state index is 0. The molecular formula is C14H24ClNO. The lowest BCUT2D eigenvalue weighted by molar-refractivity contribution is 0.220. The van der Waals surface area contributed by atoms with Crippen LogP contribution in [0.15, 0.2) is 30.3 Å². The highest BCUT2D eigenvalue weighted by atomic mass is 35.5. The van der Waals surface area contributed by atoms with Crippen molar-refractivity contribution in [3.63, 3.8) is 0 Å². The molecule has 1 atom stereocenters. The van der Waals surface area contributed by atoms with Gasteiger partial charge < -0.3 is 10.4 Å². The minimum Gasteiger partial charge on any atom is -0.396 e. The highest BCUT2D eigenvalue weighted by Gasteiger charge is 2.08. The van der Waals surface area contributed by atoms with Gasteiger partial charge in [-0.25, -0.2) is 0 Å². The molecule has 0 aromatic heterocycles. The summed E-state index contributed by atoms with van der Waals surface area (Å²) in [4.78, 5) is 0. The van der Waals surface area contributed by atoms with E-state index < -0.39 is 0 Å². The molecule has 1 aromatic carbocycles. The van der Waals surface area contributed by atoms with E-state index in [1.807, 2.05) is 18.2 Å². The van der Waals surface area contributed by atoms with Gasteiger partial charge in [-0.05, 0) is 30.4 Å². The van der Waals surface area contributed by atoms with Crippen LogP contribution in [0.25, 0.3) is 0 Å². The lowest BCUT2D eigenvalue weighted by Crippen LogP contribution is -2.29. The van der Waals surface area contributed by atoms with E-state index in [4.69, 9.17) is 0 Å². The Balaban J connectivity index is 0.00000256. The highest BCUT2D eigenvalue weighted by Crippen LogP contribution is 2.07. The molecule has 2 nitrogen and oxygen atoms in total. The van der Waals surface area contributed by atoms with Gasteiger partial charge in [-0.15, -0.1) is 12.4 Å². The summed E-state index contributed by atoms with van der Waals surface area (Å²) in [5.41, 5.74) is 1.30. The third kappa shape index (κ3) is 7.37. The van der Waals surface area contributed by atoms with Gasteiger partial charge in [-0.3, -0.25) is 0 Å². The molecule has 0 aliphatic heterocycles. The molecule has 0 fully saturated rings. The van der Waals surface area contributed by atoms with Crippen molar-refractivity contribution in [3.8, 4) is 0 Å². The summed E-state index contributed by atoms with van der Waals surface area (Å²) in [5, 5.41) is 12.7. The molecule has 2 N–H and O–H groups in total. The fourth-order valence-electron chi connectivity index (χ4n) is 1.72. The predicted molar refractivity (Wildman–Crippen MR) is 75.7 cm³/mol. The lowest BCUT2D eigenvalue weighted by Gasteiger charge is -2.16. The molecule has 0 saturated heterocycles. The van der Waals surface area contributed by atoms with E-state index in [1.54, 1.807) is 0 Å². The molecule has 0 amide bonds. The van der Waals surface area contributed by atoms with Gasteiger partial charge in [0.1, 0.15) is 0 Å². The van der Waals surface area contributed by atoms with Crippen molar-refractivity contribution in [2.24, 2.45) is 11.8 Å². The molecule has 0 radical (unpaired) electrons. The van der Waals surface area contributed by atoms with Crippen LogP contribution in [0.5, 0.6) is 0 Å². The Hall–Kier alpha value is -0.570. The van der Waals surface area contributed by atoms with E-state index >= 15 is 0 Å². The average molecular weight is 258 g/mol. The molecular weight excluding hydrogens is 234 g/mol. The normalized spacial score (nSPS) is 12.2. The van der Waals surface area contributed by atoms with Gasteiger partial charge in [-0.2, -0.15) is 0 Å². The number of rotatable bonds is 7. The van der Waals surface area contributed by atoms with Crippen molar-refractivity contribution in [1.29, 1.82) is 0 Å². The first kappa shape index (κ1) is 16.4. The first-order valence-electron chi connectivity index (χ1n) is 6.08. The topological polar surface area (TPSA) is 32.3 Å². The van der Waals surface area contributed by atoms with Crippen molar-refractivity contribution >= 4 is 12.4 Å². The number of nitrogens with one attached hydrogen (secondary N) is 1. The van der Waals surface area contributed by atoms with E-state index in [-0.39, 0.29) is 19.0 Å². The van der Waals surface area contributed by atoms with Crippen LogP contribution < -0.4 is 5.32 Å². The second-order valence-corrected chi connectivity index (χ2v) is 4.79. The summed E-state index contributed by atoms with van der Waals surface area (Å²) in [5.74, 6) is 0.984. The summed E-state index contributed by atoms with van der Waals surface area (Å²) in [6, 6.07) is 10.3. The summed E-state index contributed by atoms with van der Waals surface area (Å²) in [7, 11) is 0. The van der Waals surface area contributed by atoms with Crippen molar-refractivity contribution in [2.75, 3.05) is 19.7 Å². The lowest BCUT2D eigenvalue weighted by atomic mass is 10.00.